The van der Waals surface area contributed by atoms with Crippen molar-refractivity contribution < 1.29 is 14.3 Å². The molecule has 43 heavy (non-hydrogen) atoms. The van der Waals surface area contributed by atoms with Gasteiger partial charge in [0.2, 0.25) is 11.9 Å². The summed E-state index contributed by atoms with van der Waals surface area (Å²) in [4.78, 5) is 30.8. The van der Waals surface area contributed by atoms with Gasteiger partial charge in [-0.15, -0.1) is 0 Å². The van der Waals surface area contributed by atoms with E-state index in [0.29, 0.717) is 37.0 Å². The van der Waals surface area contributed by atoms with E-state index in [0.717, 1.165) is 82.3 Å². The molecule has 0 bridgehead atoms. The van der Waals surface area contributed by atoms with Gasteiger partial charge < -0.3 is 35.2 Å². The lowest BCUT2D eigenvalue weighted by molar-refractivity contribution is -0.134. The molecule has 3 saturated heterocycles. The van der Waals surface area contributed by atoms with Gasteiger partial charge in [0.1, 0.15) is 11.9 Å². The van der Waals surface area contributed by atoms with Crippen LogP contribution in [0.2, 0.25) is 0 Å². The van der Waals surface area contributed by atoms with Crippen molar-refractivity contribution in [2.45, 2.75) is 18.9 Å². The van der Waals surface area contributed by atoms with E-state index in [1.807, 2.05) is 41.3 Å². The highest BCUT2D eigenvalue weighted by Gasteiger charge is 2.26. The lowest BCUT2D eigenvalue weighted by atomic mass is 10.1. The molecule has 11 heteroatoms. The van der Waals surface area contributed by atoms with E-state index in [1.165, 1.54) is 5.69 Å². The van der Waals surface area contributed by atoms with Crippen molar-refractivity contribution >= 4 is 28.9 Å². The minimum absolute atomic E-state index is 0.0327. The number of morpholine rings is 1. The summed E-state index contributed by atoms with van der Waals surface area (Å²) in [6.07, 6.45) is 3.37. The molecule has 0 unspecified atom stereocenters. The molecule has 0 radical (unpaired) electrons. The topological polar surface area (TPSA) is 112 Å². The van der Waals surface area contributed by atoms with Gasteiger partial charge in [-0.3, -0.25) is 9.69 Å². The van der Waals surface area contributed by atoms with Crippen molar-refractivity contribution in [3.8, 4) is 17.0 Å². The van der Waals surface area contributed by atoms with Gasteiger partial charge in [0.05, 0.1) is 31.1 Å². The van der Waals surface area contributed by atoms with Gasteiger partial charge in [-0.2, -0.15) is 0 Å². The quantitative estimate of drug-likeness (QED) is 0.382. The van der Waals surface area contributed by atoms with E-state index < -0.39 is 0 Å². The van der Waals surface area contributed by atoms with Crippen molar-refractivity contribution in [2.75, 3.05) is 95.1 Å². The van der Waals surface area contributed by atoms with Gasteiger partial charge in [0.15, 0.2) is 0 Å². The number of likely N-dealkylation sites (tertiary alicyclic amines) is 1. The van der Waals surface area contributed by atoms with E-state index in [4.69, 9.17) is 20.2 Å². The number of nitrogens with one attached hydrogen (secondary N) is 1. The minimum atomic E-state index is 0.0327. The Hall–Kier alpha value is -3.93. The third kappa shape index (κ3) is 7.54. The Morgan fingerprint density at radius 3 is 2.44 bits per heavy atom. The van der Waals surface area contributed by atoms with Crippen molar-refractivity contribution in [3.05, 3.63) is 54.7 Å². The first-order valence-electron chi connectivity index (χ1n) is 15.3. The van der Waals surface area contributed by atoms with E-state index in [1.54, 1.807) is 6.20 Å². The molecule has 3 aliphatic rings. The molecule has 6 rings (SSSR count). The highest BCUT2D eigenvalue weighted by molar-refractivity contribution is 5.78. The van der Waals surface area contributed by atoms with Crippen LogP contribution in [0.5, 0.6) is 5.75 Å². The van der Waals surface area contributed by atoms with Crippen LogP contribution < -0.4 is 20.7 Å². The summed E-state index contributed by atoms with van der Waals surface area (Å²) in [5, 5.41) is 3.31. The van der Waals surface area contributed by atoms with Crippen LogP contribution in [0.15, 0.2) is 54.7 Å². The molecule has 0 aliphatic carbocycles. The van der Waals surface area contributed by atoms with Crippen molar-refractivity contribution in [1.82, 2.24) is 24.7 Å². The molecule has 1 amide bonds. The molecule has 4 heterocycles. The smallest absolute Gasteiger partial charge is 0.236 e. The van der Waals surface area contributed by atoms with Gasteiger partial charge in [-0.05, 0) is 55.6 Å². The molecule has 3 fully saturated rings. The number of anilines is 4. The monoisotopic (exact) mass is 586 g/mol. The zero-order valence-corrected chi connectivity index (χ0v) is 25.0. The maximum absolute atomic E-state index is 12.8. The Bertz CT molecular complexity index is 1370. The molecule has 3 aliphatic heterocycles. The maximum Gasteiger partial charge on any atom is 0.236 e. The molecule has 0 saturated carbocycles. The van der Waals surface area contributed by atoms with Crippen LogP contribution in [0.1, 0.15) is 12.8 Å². The van der Waals surface area contributed by atoms with E-state index in [9.17, 15) is 4.79 Å². The second-order valence-electron chi connectivity index (χ2n) is 11.6. The van der Waals surface area contributed by atoms with Crippen LogP contribution >= 0.6 is 0 Å². The van der Waals surface area contributed by atoms with Crippen LogP contribution in [0, 0.1) is 0 Å². The molecule has 0 atom stereocenters. The molecule has 11 nitrogen and oxygen atoms in total. The standard InChI is InChI=1S/C32H42N8O3/c1-37-14-16-38(17-15-37)23-31(41)40-12-9-27(10-13-40)43-30-7-2-24(22-28(30)33)29-8-11-34-32(36-29)35-25-3-5-26(6-4-25)39-18-20-42-21-19-39/h2-8,11,22,27H,9-10,12-21,23,33H2,1H3,(H,34,35,36). The number of ether oxygens (including phenoxy) is 2. The number of hydrogen-bond acceptors (Lipinski definition) is 10. The summed E-state index contributed by atoms with van der Waals surface area (Å²) in [5.74, 6) is 1.40. The predicted octanol–water partition coefficient (Wildman–Crippen LogP) is 2.92. The number of hydrogen-bond donors (Lipinski definition) is 2. The SMILES string of the molecule is CN1CCN(CC(=O)N2CCC(Oc3ccc(-c4ccnc(Nc5ccc(N6CCOCC6)cc5)n4)cc3N)CC2)CC1. The van der Waals surface area contributed by atoms with Crippen LogP contribution in [0.25, 0.3) is 11.3 Å². The molecule has 228 valence electrons. The average molecular weight is 587 g/mol. The van der Waals surface area contributed by atoms with E-state index in [-0.39, 0.29) is 12.0 Å². The maximum atomic E-state index is 12.8. The van der Waals surface area contributed by atoms with Gasteiger partial charge >= 0.3 is 0 Å². The second-order valence-corrected chi connectivity index (χ2v) is 11.6. The Morgan fingerprint density at radius 1 is 0.977 bits per heavy atom. The van der Waals surface area contributed by atoms with Crippen molar-refractivity contribution in [1.29, 1.82) is 0 Å². The van der Waals surface area contributed by atoms with E-state index >= 15 is 0 Å². The Morgan fingerprint density at radius 2 is 1.72 bits per heavy atom. The lowest BCUT2D eigenvalue weighted by Gasteiger charge is -2.36. The van der Waals surface area contributed by atoms with Gasteiger partial charge in [-0.1, -0.05) is 0 Å². The number of nitrogens with two attached hydrogens (primary N) is 1. The fraction of sp³-hybridized carbons (Fsp3) is 0.469. The summed E-state index contributed by atoms with van der Waals surface area (Å²) in [6.45, 7) is 9.20. The number of carbonyl (C=O) groups is 1. The molecule has 3 aromatic rings. The summed E-state index contributed by atoms with van der Waals surface area (Å²) in [7, 11) is 2.13. The molecule has 3 N–H and O–H groups in total. The number of piperidine rings is 1. The Labute approximate surface area is 253 Å². The van der Waals surface area contributed by atoms with Crippen LogP contribution in [0.4, 0.5) is 23.0 Å². The van der Waals surface area contributed by atoms with E-state index in [2.05, 4.69) is 44.2 Å². The number of nitrogen functional groups attached to an aromatic ring is 1. The van der Waals surface area contributed by atoms with Crippen LogP contribution in [-0.4, -0.2) is 116 Å². The third-order valence-corrected chi connectivity index (χ3v) is 8.50. The largest absolute Gasteiger partial charge is 0.488 e. The zero-order valence-electron chi connectivity index (χ0n) is 25.0. The predicted molar refractivity (Wildman–Crippen MR) is 169 cm³/mol. The number of benzene rings is 2. The molecular weight excluding hydrogens is 544 g/mol. The lowest BCUT2D eigenvalue weighted by Crippen LogP contribution is -2.50. The summed E-state index contributed by atoms with van der Waals surface area (Å²) >= 11 is 0. The van der Waals surface area contributed by atoms with Crippen molar-refractivity contribution in [2.24, 2.45) is 0 Å². The molecule has 1 aromatic heterocycles. The highest BCUT2D eigenvalue weighted by atomic mass is 16.5. The summed E-state index contributed by atoms with van der Waals surface area (Å²) in [6, 6.07) is 15.9. The van der Waals surface area contributed by atoms with Crippen LogP contribution in [0.3, 0.4) is 0 Å². The first-order chi connectivity index (χ1) is 21.0. The second kappa shape index (κ2) is 13.6. The van der Waals surface area contributed by atoms with Gasteiger partial charge in [-0.25, -0.2) is 9.97 Å². The van der Waals surface area contributed by atoms with Crippen molar-refractivity contribution in [3.63, 3.8) is 0 Å². The Kier molecular flexibility index (Phi) is 9.21. The fourth-order valence-electron chi connectivity index (χ4n) is 5.80. The zero-order chi connectivity index (χ0) is 29.6. The third-order valence-electron chi connectivity index (χ3n) is 8.50. The number of nitrogens with zero attached hydrogens (tertiary/aromatic N) is 6. The minimum Gasteiger partial charge on any atom is -0.488 e. The normalized spacial score (nSPS) is 18.9. The fourth-order valence-corrected chi connectivity index (χ4v) is 5.80. The summed E-state index contributed by atoms with van der Waals surface area (Å²) in [5.41, 5.74) is 10.8. The first-order valence-corrected chi connectivity index (χ1v) is 15.3. The molecular formula is C32H42N8O3. The number of likely N-dealkylation sites (N-methyl/N-ethyl adjacent to an activating group) is 1. The van der Waals surface area contributed by atoms with Gasteiger partial charge in [0.25, 0.3) is 0 Å². The number of piperazine rings is 1. The highest BCUT2D eigenvalue weighted by Crippen LogP contribution is 2.30. The number of aromatic nitrogens is 2. The number of rotatable bonds is 8. The average Bonchev–Trinajstić information content (AvgIpc) is 3.04. The van der Waals surface area contributed by atoms with Gasteiger partial charge in [0, 0.05) is 88.3 Å². The Balaban J connectivity index is 1.01. The van der Waals surface area contributed by atoms with Crippen LogP contribution in [-0.2, 0) is 9.53 Å². The first kappa shape index (κ1) is 29.2. The molecule has 2 aromatic carbocycles. The molecule has 0 spiro atoms. The number of carbonyl (C=O) groups excluding carboxylic acids is 1. The number of amides is 1. The summed E-state index contributed by atoms with van der Waals surface area (Å²) < 4.78 is 11.7.